The van der Waals surface area contributed by atoms with Crippen molar-refractivity contribution in [1.82, 2.24) is 4.90 Å². The van der Waals surface area contributed by atoms with Crippen molar-refractivity contribution in [2.24, 2.45) is 5.92 Å². The average molecular weight is 500 g/mol. The minimum atomic E-state index is -0.356. The summed E-state index contributed by atoms with van der Waals surface area (Å²) in [7, 11) is 0. The first-order valence-corrected chi connectivity index (χ1v) is 13.4. The molecule has 0 spiro atoms. The van der Waals surface area contributed by atoms with Crippen LogP contribution in [0.1, 0.15) is 62.8 Å². The Bertz CT molecular complexity index is 1270. The standard InChI is InChI=1S/C32H37NO4/c1-21-7-4-5-16-33(19-21)22(2)20-36-28-13-10-24(11-14-28)32-31(25-8-6-9-26(34)17-25)23(3)29-18-27(35)12-15-30(29)37-32/h6,8-15,17-18,21-22,32,34-35H,4-5,7,16,19-20H2,1-3H3/t21-,22+,32?/m1/s1. The second-order valence-electron chi connectivity index (χ2n) is 10.6. The Morgan fingerprint density at radius 2 is 1.78 bits per heavy atom. The van der Waals surface area contributed by atoms with Gasteiger partial charge in [0.25, 0.3) is 0 Å². The highest BCUT2D eigenvalue weighted by Crippen LogP contribution is 2.47. The lowest BCUT2D eigenvalue weighted by Crippen LogP contribution is -2.39. The van der Waals surface area contributed by atoms with Gasteiger partial charge < -0.3 is 19.7 Å². The van der Waals surface area contributed by atoms with Crippen LogP contribution in [-0.2, 0) is 0 Å². The van der Waals surface area contributed by atoms with Crippen molar-refractivity contribution in [2.45, 2.75) is 52.2 Å². The number of nitrogens with zero attached hydrogens (tertiary/aromatic N) is 1. The van der Waals surface area contributed by atoms with Gasteiger partial charge in [-0.25, -0.2) is 0 Å². The van der Waals surface area contributed by atoms with Gasteiger partial charge in [-0.15, -0.1) is 0 Å². The molecule has 2 aliphatic heterocycles. The molecule has 5 rings (SSSR count). The number of hydrogen-bond acceptors (Lipinski definition) is 5. The summed E-state index contributed by atoms with van der Waals surface area (Å²) in [4.78, 5) is 2.56. The number of allylic oxidation sites excluding steroid dienone is 1. The Hall–Kier alpha value is -3.44. The van der Waals surface area contributed by atoms with Crippen LogP contribution in [0.5, 0.6) is 23.0 Å². The number of hydrogen-bond donors (Lipinski definition) is 2. The molecule has 0 radical (unpaired) electrons. The molecule has 2 aliphatic rings. The summed E-state index contributed by atoms with van der Waals surface area (Å²) in [6, 6.07) is 20.9. The average Bonchev–Trinajstić information content (AvgIpc) is 3.12. The summed E-state index contributed by atoms with van der Waals surface area (Å²) in [5.74, 6) is 2.71. The highest BCUT2D eigenvalue weighted by molar-refractivity contribution is 5.95. The van der Waals surface area contributed by atoms with Crippen molar-refractivity contribution in [3.63, 3.8) is 0 Å². The van der Waals surface area contributed by atoms with E-state index in [2.05, 4.69) is 30.9 Å². The lowest BCUT2D eigenvalue weighted by atomic mass is 9.86. The highest BCUT2D eigenvalue weighted by atomic mass is 16.5. The van der Waals surface area contributed by atoms with Gasteiger partial charge in [-0.1, -0.05) is 37.6 Å². The molecule has 0 aliphatic carbocycles. The zero-order valence-corrected chi connectivity index (χ0v) is 22.0. The maximum atomic E-state index is 10.2. The van der Waals surface area contributed by atoms with E-state index in [1.807, 2.05) is 37.3 Å². The number of likely N-dealkylation sites (tertiary alicyclic amines) is 1. The Morgan fingerprint density at radius 3 is 2.57 bits per heavy atom. The molecule has 0 saturated carbocycles. The van der Waals surface area contributed by atoms with Crippen molar-refractivity contribution < 1.29 is 19.7 Å². The van der Waals surface area contributed by atoms with Crippen molar-refractivity contribution in [3.8, 4) is 23.0 Å². The third kappa shape index (κ3) is 5.62. The first-order valence-electron chi connectivity index (χ1n) is 13.4. The lowest BCUT2D eigenvalue weighted by molar-refractivity contribution is 0.138. The smallest absolute Gasteiger partial charge is 0.150 e. The van der Waals surface area contributed by atoms with Gasteiger partial charge >= 0.3 is 0 Å². The number of phenolic OH excluding ortho intramolecular Hbond substituents is 2. The van der Waals surface area contributed by atoms with E-state index < -0.39 is 0 Å². The van der Waals surface area contributed by atoms with Crippen LogP contribution in [0.15, 0.2) is 66.7 Å². The van der Waals surface area contributed by atoms with Gasteiger partial charge in [-0.05, 0) is 98.3 Å². The van der Waals surface area contributed by atoms with Crippen LogP contribution in [0.25, 0.3) is 11.1 Å². The van der Waals surface area contributed by atoms with Gasteiger partial charge in [0.15, 0.2) is 0 Å². The van der Waals surface area contributed by atoms with E-state index in [9.17, 15) is 10.2 Å². The number of benzene rings is 3. The lowest BCUT2D eigenvalue weighted by Gasteiger charge is -2.31. The molecule has 1 saturated heterocycles. The topological polar surface area (TPSA) is 62.2 Å². The molecule has 2 heterocycles. The number of ether oxygens (including phenoxy) is 2. The molecule has 5 heteroatoms. The van der Waals surface area contributed by atoms with Crippen LogP contribution in [0.2, 0.25) is 0 Å². The summed E-state index contributed by atoms with van der Waals surface area (Å²) in [6.45, 7) is 9.60. The number of rotatable bonds is 6. The van der Waals surface area contributed by atoms with Crippen LogP contribution >= 0.6 is 0 Å². The minimum Gasteiger partial charge on any atom is -0.508 e. The van der Waals surface area contributed by atoms with Crippen LogP contribution in [0.3, 0.4) is 0 Å². The summed E-state index contributed by atoms with van der Waals surface area (Å²) in [6.07, 6.45) is 3.55. The number of phenols is 2. The van der Waals surface area contributed by atoms with E-state index in [-0.39, 0.29) is 17.6 Å². The summed E-state index contributed by atoms with van der Waals surface area (Å²) >= 11 is 0. The Kier molecular flexibility index (Phi) is 7.43. The number of fused-ring (bicyclic) bond motifs is 1. The van der Waals surface area contributed by atoms with Crippen molar-refractivity contribution in [3.05, 3.63) is 83.4 Å². The highest BCUT2D eigenvalue weighted by Gasteiger charge is 2.30. The monoisotopic (exact) mass is 499 g/mol. The maximum absolute atomic E-state index is 10.2. The molecule has 3 aromatic rings. The molecule has 1 fully saturated rings. The number of aromatic hydroxyl groups is 2. The van der Waals surface area contributed by atoms with E-state index in [0.717, 1.165) is 58.3 Å². The molecule has 1 unspecified atom stereocenters. The molecular formula is C32H37NO4. The van der Waals surface area contributed by atoms with E-state index in [1.54, 1.807) is 24.3 Å². The third-order valence-electron chi connectivity index (χ3n) is 7.67. The molecule has 37 heavy (non-hydrogen) atoms. The van der Waals surface area contributed by atoms with Gasteiger partial charge in [0.1, 0.15) is 35.7 Å². The molecule has 2 N–H and O–H groups in total. The Labute approximate surface area is 220 Å². The largest absolute Gasteiger partial charge is 0.508 e. The van der Waals surface area contributed by atoms with Gasteiger partial charge in [-0.3, -0.25) is 4.90 Å². The van der Waals surface area contributed by atoms with Crippen LogP contribution in [-0.4, -0.2) is 40.9 Å². The zero-order valence-electron chi connectivity index (χ0n) is 22.0. The van der Waals surface area contributed by atoms with Gasteiger partial charge in [0, 0.05) is 23.7 Å². The van der Waals surface area contributed by atoms with Crippen LogP contribution < -0.4 is 9.47 Å². The fourth-order valence-electron chi connectivity index (χ4n) is 5.57. The normalized spacial score (nSPS) is 21.1. The Balaban J connectivity index is 1.37. The molecule has 3 aromatic carbocycles. The maximum Gasteiger partial charge on any atom is 0.150 e. The van der Waals surface area contributed by atoms with Crippen molar-refractivity contribution in [2.75, 3.05) is 19.7 Å². The van der Waals surface area contributed by atoms with Gasteiger partial charge in [-0.2, -0.15) is 0 Å². The predicted octanol–water partition coefficient (Wildman–Crippen LogP) is 7.05. The first kappa shape index (κ1) is 25.2. The van der Waals surface area contributed by atoms with E-state index in [1.165, 1.54) is 19.3 Å². The predicted molar refractivity (Wildman–Crippen MR) is 148 cm³/mol. The van der Waals surface area contributed by atoms with Gasteiger partial charge in [0.05, 0.1) is 0 Å². The summed E-state index contributed by atoms with van der Waals surface area (Å²) in [5, 5.41) is 20.3. The van der Waals surface area contributed by atoms with E-state index in [0.29, 0.717) is 12.6 Å². The molecule has 194 valence electrons. The van der Waals surface area contributed by atoms with Crippen molar-refractivity contribution in [1.29, 1.82) is 0 Å². The van der Waals surface area contributed by atoms with E-state index in [4.69, 9.17) is 9.47 Å². The van der Waals surface area contributed by atoms with Gasteiger partial charge in [0.2, 0.25) is 0 Å². The quantitative estimate of drug-likeness (QED) is 0.380. The third-order valence-corrected chi connectivity index (χ3v) is 7.67. The first-order chi connectivity index (χ1) is 17.9. The molecule has 5 nitrogen and oxygen atoms in total. The van der Waals surface area contributed by atoms with Crippen LogP contribution in [0, 0.1) is 5.92 Å². The SMILES string of the molecule is CC1=C(c2cccc(O)c2)C(c2ccc(OC[C@H](C)N3CCCC[C@@H](C)C3)cc2)Oc2ccc(O)cc21. The molecule has 3 atom stereocenters. The molecular weight excluding hydrogens is 462 g/mol. The minimum absolute atomic E-state index is 0.195. The van der Waals surface area contributed by atoms with Crippen LogP contribution in [0.4, 0.5) is 0 Å². The second kappa shape index (κ2) is 10.9. The Morgan fingerprint density at radius 1 is 1.00 bits per heavy atom. The molecule has 0 bridgehead atoms. The zero-order chi connectivity index (χ0) is 25.9. The van der Waals surface area contributed by atoms with E-state index >= 15 is 0 Å². The fraction of sp³-hybridized carbons (Fsp3) is 0.375. The summed E-state index contributed by atoms with van der Waals surface area (Å²) in [5.41, 5.74) is 4.71. The van der Waals surface area contributed by atoms with Crippen molar-refractivity contribution >= 4 is 11.1 Å². The second-order valence-corrected chi connectivity index (χ2v) is 10.6. The summed E-state index contributed by atoms with van der Waals surface area (Å²) < 4.78 is 12.7. The fourth-order valence-corrected chi connectivity index (χ4v) is 5.57. The molecule has 0 amide bonds. The molecule has 0 aromatic heterocycles.